The predicted molar refractivity (Wildman–Crippen MR) is 77.3 cm³/mol. The first-order valence-electron chi connectivity index (χ1n) is 6.13. The molecule has 0 saturated carbocycles. The van der Waals surface area contributed by atoms with Crippen LogP contribution in [0.5, 0.6) is 5.88 Å². The number of hydrogen-bond donors (Lipinski definition) is 1. The Morgan fingerprint density at radius 1 is 1.50 bits per heavy atom. The number of ether oxygens (including phenoxy) is 1. The lowest BCUT2D eigenvalue weighted by atomic mass is 10.0. The van der Waals surface area contributed by atoms with E-state index in [2.05, 4.69) is 21.0 Å². The third kappa shape index (κ3) is 2.86. The van der Waals surface area contributed by atoms with Crippen LogP contribution in [0.4, 0.5) is 4.39 Å². The van der Waals surface area contributed by atoms with Crippen molar-refractivity contribution in [1.29, 1.82) is 0 Å². The van der Waals surface area contributed by atoms with Gasteiger partial charge < -0.3 is 9.84 Å². The molecule has 0 amide bonds. The second kappa shape index (κ2) is 5.93. The third-order valence-electron chi connectivity index (χ3n) is 3.16. The highest BCUT2D eigenvalue weighted by Gasteiger charge is 2.22. The van der Waals surface area contributed by atoms with Gasteiger partial charge in [0.15, 0.2) is 0 Å². The molecular weight excluding hydrogens is 327 g/mol. The average molecular weight is 343 g/mol. The lowest BCUT2D eigenvalue weighted by Crippen LogP contribution is -2.06. The summed E-state index contributed by atoms with van der Waals surface area (Å²) in [5.74, 6) is 0.188. The largest absolute Gasteiger partial charge is 0.481 e. The molecule has 20 heavy (non-hydrogen) atoms. The van der Waals surface area contributed by atoms with E-state index in [1.807, 2.05) is 6.92 Å². The van der Waals surface area contributed by atoms with Gasteiger partial charge in [0, 0.05) is 17.9 Å². The van der Waals surface area contributed by atoms with Gasteiger partial charge in [0.05, 0.1) is 24.5 Å². The van der Waals surface area contributed by atoms with Crippen LogP contribution in [-0.4, -0.2) is 22.0 Å². The molecule has 0 radical (unpaired) electrons. The van der Waals surface area contributed by atoms with Gasteiger partial charge in [0.2, 0.25) is 5.88 Å². The van der Waals surface area contributed by atoms with Gasteiger partial charge in [0.1, 0.15) is 5.82 Å². The summed E-state index contributed by atoms with van der Waals surface area (Å²) < 4.78 is 20.9. The maximum Gasteiger partial charge on any atom is 0.217 e. The fourth-order valence-corrected chi connectivity index (χ4v) is 2.70. The Labute approximate surface area is 125 Å². The number of hydrogen-bond acceptors (Lipinski definition) is 3. The molecule has 1 N–H and O–H groups in total. The molecule has 0 spiro atoms. The van der Waals surface area contributed by atoms with Crippen molar-refractivity contribution in [2.45, 2.75) is 19.4 Å². The van der Waals surface area contributed by atoms with Gasteiger partial charge in [-0.3, -0.25) is 0 Å². The van der Waals surface area contributed by atoms with Gasteiger partial charge in [0.25, 0.3) is 0 Å². The molecule has 6 heteroatoms. The number of nitrogens with zero attached hydrogens (tertiary/aromatic N) is 2. The topological polar surface area (TPSA) is 47.3 Å². The Morgan fingerprint density at radius 3 is 2.85 bits per heavy atom. The van der Waals surface area contributed by atoms with Gasteiger partial charge in [-0.15, -0.1) is 0 Å². The monoisotopic (exact) mass is 342 g/mol. The van der Waals surface area contributed by atoms with E-state index >= 15 is 0 Å². The average Bonchev–Trinajstić information content (AvgIpc) is 2.68. The first-order chi connectivity index (χ1) is 9.43. The molecule has 0 bridgehead atoms. The van der Waals surface area contributed by atoms with Gasteiger partial charge in [-0.05, 0) is 30.7 Å². The number of halogens is 2. The van der Waals surface area contributed by atoms with Crippen molar-refractivity contribution >= 4 is 15.9 Å². The van der Waals surface area contributed by atoms with Crippen LogP contribution in [0.15, 0.2) is 22.7 Å². The molecule has 0 fully saturated rings. The highest BCUT2D eigenvalue weighted by molar-refractivity contribution is 9.10. The maximum absolute atomic E-state index is 13.3. The quantitative estimate of drug-likeness (QED) is 0.929. The first kappa shape index (κ1) is 15.0. The SMILES string of the molecule is COc1c(C(O)Cc2cc(F)ccc2Br)c(C)nn1C. The summed E-state index contributed by atoms with van der Waals surface area (Å²) in [6.45, 7) is 1.81. The van der Waals surface area contributed by atoms with E-state index in [-0.39, 0.29) is 12.2 Å². The van der Waals surface area contributed by atoms with E-state index in [4.69, 9.17) is 4.74 Å². The molecule has 1 heterocycles. The summed E-state index contributed by atoms with van der Waals surface area (Å²) in [4.78, 5) is 0. The van der Waals surface area contributed by atoms with Crippen LogP contribution in [0.3, 0.4) is 0 Å². The number of aliphatic hydroxyl groups excluding tert-OH is 1. The van der Waals surface area contributed by atoms with Crippen LogP contribution in [0.2, 0.25) is 0 Å². The van der Waals surface area contributed by atoms with Crippen molar-refractivity contribution in [2.75, 3.05) is 7.11 Å². The molecular formula is C14H16BrFN2O2. The summed E-state index contributed by atoms with van der Waals surface area (Å²) in [5, 5.41) is 14.6. The number of aryl methyl sites for hydroxylation is 2. The van der Waals surface area contributed by atoms with E-state index in [0.29, 0.717) is 22.7 Å². The molecule has 4 nitrogen and oxygen atoms in total. The van der Waals surface area contributed by atoms with E-state index in [9.17, 15) is 9.50 Å². The molecule has 1 aromatic heterocycles. The van der Waals surface area contributed by atoms with Crippen LogP contribution in [0.1, 0.15) is 22.9 Å². The Bertz CT molecular complexity index is 628. The van der Waals surface area contributed by atoms with Gasteiger partial charge in [-0.1, -0.05) is 15.9 Å². The Morgan fingerprint density at radius 2 is 2.20 bits per heavy atom. The Balaban J connectivity index is 2.33. The summed E-state index contributed by atoms with van der Waals surface area (Å²) in [7, 11) is 3.28. The third-order valence-corrected chi connectivity index (χ3v) is 3.94. The van der Waals surface area contributed by atoms with Crippen LogP contribution in [-0.2, 0) is 13.5 Å². The number of aromatic nitrogens is 2. The normalized spacial score (nSPS) is 12.5. The van der Waals surface area contributed by atoms with E-state index in [1.54, 1.807) is 17.8 Å². The predicted octanol–water partition coefficient (Wildman–Crippen LogP) is 2.91. The molecule has 1 aromatic carbocycles. The highest BCUT2D eigenvalue weighted by atomic mass is 79.9. The van der Waals surface area contributed by atoms with Gasteiger partial charge in [-0.25, -0.2) is 9.07 Å². The van der Waals surface area contributed by atoms with Crippen molar-refractivity contribution in [3.8, 4) is 5.88 Å². The molecule has 0 aliphatic carbocycles. The summed E-state index contributed by atoms with van der Waals surface area (Å²) in [5.41, 5.74) is 2.03. The molecule has 1 unspecified atom stereocenters. The minimum absolute atomic E-state index is 0.279. The van der Waals surface area contributed by atoms with Crippen LogP contribution >= 0.6 is 15.9 Å². The van der Waals surface area contributed by atoms with Crippen molar-refractivity contribution in [2.24, 2.45) is 7.05 Å². The highest BCUT2D eigenvalue weighted by Crippen LogP contribution is 2.31. The first-order valence-corrected chi connectivity index (χ1v) is 6.92. The lowest BCUT2D eigenvalue weighted by Gasteiger charge is -2.13. The fourth-order valence-electron chi connectivity index (χ4n) is 2.29. The summed E-state index contributed by atoms with van der Waals surface area (Å²) in [6, 6.07) is 4.41. The minimum Gasteiger partial charge on any atom is -0.481 e. The molecule has 108 valence electrons. The van der Waals surface area contributed by atoms with Crippen molar-refractivity contribution < 1.29 is 14.2 Å². The van der Waals surface area contributed by atoms with E-state index in [1.165, 1.54) is 19.2 Å². The van der Waals surface area contributed by atoms with Crippen molar-refractivity contribution in [3.63, 3.8) is 0 Å². The van der Waals surface area contributed by atoms with Gasteiger partial charge >= 0.3 is 0 Å². The number of rotatable bonds is 4. The zero-order valence-corrected chi connectivity index (χ0v) is 13.1. The molecule has 0 aliphatic rings. The van der Waals surface area contributed by atoms with Gasteiger partial charge in [-0.2, -0.15) is 5.10 Å². The van der Waals surface area contributed by atoms with E-state index in [0.717, 1.165) is 4.47 Å². The molecule has 2 rings (SSSR count). The van der Waals surface area contributed by atoms with Crippen molar-refractivity contribution in [1.82, 2.24) is 9.78 Å². The maximum atomic E-state index is 13.3. The molecule has 0 saturated heterocycles. The standard InChI is InChI=1S/C14H16BrFN2O2/c1-8-13(14(20-3)18(2)17-8)12(19)7-9-6-10(16)4-5-11(9)15/h4-6,12,19H,7H2,1-3H3. The lowest BCUT2D eigenvalue weighted by molar-refractivity contribution is 0.172. The zero-order valence-electron chi connectivity index (χ0n) is 11.5. The number of aliphatic hydroxyl groups is 1. The second-order valence-corrected chi connectivity index (χ2v) is 5.44. The number of benzene rings is 1. The van der Waals surface area contributed by atoms with Crippen LogP contribution in [0.25, 0.3) is 0 Å². The fraction of sp³-hybridized carbons (Fsp3) is 0.357. The molecule has 1 atom stereocenters. The zero-order chi connectivity index (χ0) is 14.9. The second-order valence-electron chi connectivity index (χ2n) is 4.59. The van der Waals surface area contributed by atoms with Crippen LogP contribution < -0.4 is 4.74 Å². The minimum atomic E-state index is -0.809. The Hall–Kier alpha value is -1.40. The number of methoxy groups -OCH3 is 1. The summed E-state index contributed by atoms with van der Waals surface area (Å²) >= 11 is 3.36. The Kier molecular flexibility index (Phi) is 4.45. The van der Waals surface area contributed by atoms with E-state index < -0.39 is 6.10 Å². The van der Waals surface area contributed by atoms with Crippen molar-refractivity contribution in [3.05, 3.63) is 45.3 Å². The molecule has 2 aromatic rings. The summed E-state index contributed by atoms with van der Waals surface area (Å²) in [6.07, 6.45) is -0.530. The van der Waals surface area contributed by atoms with Crippen LogP contribution in [0, 0.1) is 12.7 Å². The smallest absolute Gasteiger partial charge is 0.217 e. The molecule has 0 aliphatic heterocycles.